The van der Waals surface area contributed by atoms with Crippen LogP contribution in [-0.2, 0) is 6.18 Å². The van der Waals surface area contributed by atoms with Crippen LogP contribution in [0.25, 0.3) is 0 Å². The molecule has 0 aliphatic rings. The number of halogens is 5. The molecule has 0 aliphatic heterocycles. The van der Waals surface area contributed by atoms with Crippen molar-refractivity contribution >= 4 is 34.9 Å². The molecule has 11 heteroatoms. The summed E-state index contributed by atoms with van der Waals surface area (Å²) in [4.78, 5) is 20.8. The highest BCUT2D eigenvalue weighted by Gasteiger charge is 2.32. The lowest BCUT2D eigenvalue weighted by Crippen LogP contribution is -2.23. The lowest BCUT2D eigenvalue weighted by Gasteiger charge is -2.14. The average molecular weight is 395 g/mol. The van der Waals surface area contributed by atoms with Gasteiger partial charge in [-0.15, -0.1) is 0 Å². The molecule has 2 rings (SSSR count). The minimum atomic E-state index is -4.68. The van der Waals surface area contributed by atoms with Gasteiger partial charge in [0.2, 0.25) is 0 Å². The minimum absolute atomic E-state index is 0.242. The molecular formula is C14H5Cl2F3NO5-. The van der Waals surface area contributed by atoms with Crippen molar-refractivity contribution in [2.24, 2.45) is 0 Å². The molecule has 0 N–H and O–H groups in total. The van der Waals surface area contributed by atoms with E-state index in [1.807, 2.05) is 0 Å². The fourth-order valence-corrected chi connectivity index (χ4v) is 2.40. The lowest BCUT2D eigenvalue weighted by molar-refractivity contribution is -0.385. The molecule has 6 nitrogen and oxygen atoms in total. The molecule has 0 aliphatic carbocycles. The predicted octanol–water partition coefficient (Wildman–Crippen LogP) is 4.08. The molecule has 0 radical (unpaired) electrons. The molecule has 0 spiro atoms. The molecule has 0 unspecified atom stereocenters. The van der Waals surface area contributed by atoms with Crippen LogP contribution in [0.1, 0.15) is 15.9 Å². The van der Waals surface area contributed by atoms with Gasteiger partial charge in [-0.2, -0.15) is 13.2 Å². The van der Waals surface area contributed by atoms with Crippen molar-refractivity contribution in [3.05, 3.63) is 61.6 Å². The summed E-state index contributed by atoms with van der Waals surface area (Å²) in [6, 6.07) is 3.81. The Kier molecular flexibility index (Phi) is 5.09. The van der Waals surface area contributed by atoms with Crippen molar-refractivity contribution < 1.29 is 32.7 Å². The number of carbonyl (C=O) groups is 1. The molecular weight excluding hydrogens is 390 g/mol. The van der Waals surface area contributed by atoms with E-state index in [-0.39, 0.29) is 11.5 Å². The molecule has 2 aromatic carbocycles. The zero-order valence-corrected chi connectivity index (χ0v) is 13.3. The Morgan fingerprint density at radius 1 is 1.12 bits per heavy atom. The predicted molar refractivity (Wildman–Crippen MR) is 79.0 cm³/mol. The normalized spacial score (nSPS) is 11.2. The molecule has 0 atom stereocenters. The Labute approximate surface area is 147 Å². The van der Waals surface area contributed by atoms with Crippen LogP contribution in [-0.4, -0.2) is 10.9 Å². The second-order valence-corrected chi connectivity index (χ2v) is 5.41. The number of carboxylic acid groups (broad SMARTS) is 1. The number of hydrogen-bond donors (Lipinski definition) is 0. The van der Waals surface area contributed by atoms with Crippen molar-refractivity contribution in [1.29, 1.82) is 0 Å². The number of benzene rings is 2. The maximum atomic E-state index is 12.7. The van der Waals surface area contributed by atoms with E-state index in [4.69, 9.17) is 27.9 Å². The first-order chi connectivity index (χ1) is 11.5. The van der Waals surface area contributed by atoms with Gasteiger partial charge in [-0.1, -0.05) is 23.2 Å². The molecule has 25 heavy (non-hydrogen) atoms. The van der Waals surface area contributed by atoms with E-state index in [0.717, 1.165) is 18.2 Å². The molecule has 132 valence electrons. The van der Waals surface area contributed by atoms with Crippen LogP contribution >= 0.6 is 23.2 Å². The molecule has 0 saturated carbocycles. The third-order valence-corrected chi connectivity index (χ3v) is 3.49. The van der Waals surface area contributed by atoms with Crippen LogP contribution in [0.2, 0.25) is 10.0 Å². The summed E-state index contributed by atoms with van der Waals surface area (Å²) in [5, 5.41) is 20.8. The van der Waals surface area contributed by atoms with E-state index in [2.05, 4.69) is 0 Å². The zero-order chi connectivity index (χ0) is 18.9. The number of carboxylic acids is 1. The van der Waals surface area contributed by atoms with E-state index >= 15 is 0 Å². The van der Waals surface area contributed by atoms with Gasteiger partial charge in [-0.05, 0) is 24.3 Å². The van der Waals surface area contributed by atoms with Gasteiger partial charge in [-0.25, -0.2) is 0 Å². The fraction of sp³-hybridized carbons (Fsp3) is 0.0714. The third-order valence-electron chi connectivity index (χ3n) is 2.93. The Balaban J connectivity index is 2.45. The monoisotopic (exact) mass is 394 g/mol. The van der Waals surface area contributed by atoms with Crippen molar-refractivity contribution in [3.63, 3.8) is 0 Å². The van der Waals surface area contributed by atoms with Gasteiger partial charge in [0.25, 0.3) is 5.69 Å². The Morgan fingerprint density at radius 2 is 1.68 bits per heavy atom. The van der Waals surface area contributed by atoms with Gasteiger partial charge < -0.3 is 14.6 Å². The van der Waals surface area contributed by atoms with E-state index in [1.165, 1.54) is 0 Å². The van der Waals surface area contributed by atoms with Crippen LogP contribution in [0.4, 0.5) is 18.9 Å². The van der Waals surface area contributed by atoms with Crippen LogP contribution in [0, 0.1) is 10.1 Å². The number of alkyl halides is 3. The quantitative estimate of drug-likeness (QED) is 0.575. The smallest absolute Gasteiger partial charge is 0.416 e. The number of ether oxygens (including phenoxy) is 1. The van der Waals surface area contributed by atoms with Crippen molar-refractivity contribution in [3.8, 4) is 11.5 Å². The number of carbonyl (C=O) groups excluding carboxylic acids is 1. The van der Waals surface area contributed by atoms with Gasteiger partial charge >= 0.3 is 6.18 Å². The third kappa shape index (κ3) is 4.12. The van der Waals surface area contributed by atoms with E-state index in [9.17, 15) is 33.2 Å². The van der Waals surface area contributed by atoms with Gasteiger partial charge in [0.15, 0.2) is 5.75 Å². The van der Waals surface area contributed by atoms with E-state index < -0.39 is 43.9 Å². The molecule has 0 amide bonds. The van der Waals surface area contributed by atoms with Crippen LogP contribution in [0.3, 0.4) is 0 Å². The van der Waals surface area contributed by atoms with Gasteiger partial charge in [0.1, 0.15) is 5.75 Å². The number of nitro benzene ring substituents is 1. The summed E-state index contributed by atoms with van der Waals surface area (Å²) < 4.78 is 43.2. The summed E-state index contributed by atoms with van der Waals surface area (Å²) in [6.07, 6.45) is -4.68. The summed E-state index contributed by atoms with van der Waals surface area (Å²) >= 11 is 11.5. The van der Waals surface area contributed by atoms with E-state index in [1.54, 1.807) is 0 Å². The molecule has 0 fully saturated rings. The Bertz CT molecular complexity index is 847. The second kappa shape index (κ2) is 6.77. The highest BCUT2D eigenvalue weighted by Crippen LogP contribution is 2.42. The topological polar surface area (TPSA) is 92.5 Å². The summed E-state index contributed by atoms with van der Waals surface area (Å²) in [6.45, 7) is 0. The number of rotatable bonds is 4. The van der Waals surface area contributed by atoms with Gasteiger partial charge in [0.05, 0.1) is 32.1 Å². The van der Waals surface area contributed by atoms with Crippen LogP contribution in [0.15, 0.2) is 30.3 Å². The van der Waals surface area contributed by atoms with Crippen LogP contribution < -0.4 is 9.84 Å². The van der Waals surface area contributed by atoms with Gasteiger partial charge in [0, 0.05) is 6.07 Å². The summed E-state index contributed by atoms with van der Waals surface area (Å²) in [7, 11) is 0. The van der Waals surface area contributed by atoms with Crippen molar-refractivity contribution in [1.82, 2.24) is 0 Å². The second-order valence-electron chi connectivity index (χ2n) is 4.59. The molecule has 0 saturated heterocycles. The van der Waals surface area contributed by atoms with Gasteiger partial charge in [-0.3, -0.25) is 10.1 Å². The lowest BCUT2D eigenvalue weighted by atomic mass is 10.1. The number of hydrogen-bond acceptors (Lipinski definition) is 5. The van der Waals surface area contributed by atoms with E-state index in [0.29, 0.717) is 12.1 Å². The molecule has 2 aromatic rings. The minimum Gasteiger partial charge on any atom is -0.545 e. The summed E-state index contributed by atoms with van der Waals surface area (Å²) in [5.41, 5.74) is -2.62. The number of nitro groups is 1. The van der Waals surface area contributed by atoms with Crippen LogP contribution in [0.5, 0.6) is 11.5 Å². The number of nitrogens with zero attached hydrogens (tertiary/aromatic N) is 1. The van der Waals surface area contributed by atoms with Crippen molar-refractivity contribution in [2.45, 2.75) is 6.18 Å². The highest BCUT2D eigenvalue weighted by atomic mass is 35.5. The SMILES string of the molecule is O=C([O-])c1cc(Oc2c(Cl)cc(C(F)(F)F)cc2Cl)ccc1[N+](=O)[O-]. The number of aromatic carboxylic acids is 1. The largest absolute Gasteiger partial charge is 0.545 e. The first kappa shape index (κ1) is 18.8. The molecule has 0 heterocycles. The molecule has 0 bridgehead atoms. The first-order valence-corrected chi connectivity index (χ1v) is 7.00. The first-order valence-electron chi connectivity index (χ1n) is 6.24. The summed E-state index contributed by atoms with van der Waals surface area (Å²) in [5.74, 6) is -2.44. The van der Waals surface area contributed by atoms with Crippen molar-refractivity contribution in [2.75, 3.05) is 0 Å². The Morgan fingerprint density at radius 3 is 2.12 bits per heavy atom. The fourth-order valence-electron chi connectivity index (χ4n) is 1.84. The molecule has 0 aromatic heterocycles. The standard InChI is InChI=1S/C14H6Cl2F3NO5/c15-9-3-6(14(17,18)19)4-10(16)12(9)25-7-1-2-11(20(23)24)8(5-7)13(21)22/h1-5H,(H,21,22)/p-1. The maximum absolute atomic E-state index is 12.7. The maximum Gasteiger partial charge on any atom is 0.416 e. The highest BCUT2D eigenvalue weighted by molar-refractivity contribution is 6.37. The average Bonchev–Trinajstić information content (AvgIpc) is 2.49. The Hall–Kier alpha value is -2.52. The zero-order valence-electron chi connectivity index (χ0n) is 11.8.